The molecule has 3 aromatic carbocycles. The third-order valence-electron chi connectivity index (χ3n) is 4.53. The number of halogens is 1. The van der Waals surface area contributed by atoms with Crippen LogP contribution >= 0.6 is 22.9 Å². The summed E-state index contributed by atoms with van der Waals surface area (Å²) in [5, 5.41) is 13.3. The zero-order valence-electron chi connectivity index (χ0n) is 16.4. The van der Waals surface area contributed by atoms with Crippen LogP contribution < -0.4 is 16.0 Å². The van der Waals surface area contributed by atoms with Crippen LogP contribution in [0.2, 0.25) is 5.02 Å². The third kappa shape index (κ3) is 5.59. The summed E-state index contributed by atoms with van der Waals surface area (Å²) >= 11 is 7.23. The molecule has 0 aliphatic heterocycles. The van der Waals surface area contributed by atoms with Crippen molar-refractivity contribution in [3.63, 3.8) is 0 Å². The number of amides is 3. The SMILES string of the molecule is O=C(CCc1csc(NC(=O)Nc2cccc(Cl)c2)n1)Nc1cccc2ccccc12. The molecule has 0 unspecified atom stereocenters. The van der Waals surface area contributed by atoms with Gasteiger partial charge in [0, 0.05) is 33.6 Å². The Hall–Kier alpha value is -3.42. The zero-order valence-corrected chi connectivity index (χ0v) is 18.0. The Morgan fingerprint density at radius 1 is 0.935 bits per heavy atom. The fourth-order valence-corrected chi connectivity index (χ4v) is 4.02. The van der Waals surface area contributed by atoms with E-state index in [1.165, 1.54) is 11.3 Å². The van der Waals surface area contributed by atoms with Crippen molar-refractivity contribution in [1.29, 1.82) is 0 Å². The molecule has 0 atom stereocenters. The predicted molar refractivity (Wildman–Crippen MR) is 127 cm³/mol. The van der Waals surface area contributed by atoms with Gasteiger partial charge < -0.3 is 10.6 Å². The van der Waals surface area contributed by atoms with Crippen LogP contribution in [0.15, 0.2) is 72.1 Å². The van der Waals surface area contributed by atoms with Gasteiger partial charge in [-0.25, -0.2) is 9.78 Å². The maximum absolute atomic E-state index is 12.4. The second kappa shape index (κ2) is 9.59. The Balaban J connectivity index is 1.29. The van der Waals surface area contributed by atoms with E-state index < -0.39 is 6.03 Å². The highest BCUT2D eigenvalue weighted by Gasteiger charge is 2.10. The minimum Gasteiger partial charge on any atom is -0.326 e. The fourth-order valence-electron chi connectivity index (χ4n) is 3.09. The molecule has 3 amide bonds. The molecule has 31 heavy (non-hydrogen) atoms. The molecule has 4 rings (SSSR count). The Morgan fingerprint density at radius 2 is 1.74 bits per heavy atom. The molecule has 0 saturated carbocycles. The molecule has 0 radical (unpaired) electrons. The number of rotatable bonds is 6. The van der Waals surface area contributed by atoms with Crippen LogP contribution in [0.5, 0.6) is 0 Å². The van der Waals surface area contributed by atoms with Gasteiger partial charge >= 0.3 is 6.03 Å². The average Bonchev–Trinajstić information content (AvgIpc) is 3.20. The Morgan fingerprint density at radius 3 is 2.61 bits per heavy atom. The molecule has 4 aromatic rings. The molecule has 6 nitrogen and oxygen atoms in total. The van der Waals surface area contributed by atoms with Crippen molar-refractivity contribution in [2.24, 2.45) is 0 Å². The molecule has 0 aliphatic carbocycles. The summed E-state index contributed by atoms with van der Waals surface area (Å²) in [6, 6.07) is 20.2. The summed E-state index contributed by atoms with van der Waals surface area (Å²) < 4.78 is 0. The summed E-state index contributed by atoms with van der Waals surface area (Å²) in [7, 11) is 0. The third-order valence-corrected chi connectivity index (χ3v) is 5.57. The van der Waals surface area contributed by atoms with Gasteiger partial charge in [0.15, 0.2) is 5.13 Å². The topological polar surface area (TPSA) is 83.1 Å². The zero-order chi connectivity index (χ0) is 21.6. The molecule has 1 heterocycles. The number of anilines is 3. The van der Waals surface area contributed by atoms with Crippen LogP contribution in [0, 0.1) is 0 Å². The summed E-state index contributed by atoms with van der Waals surface area (Å²) in [4.78, 5) is 28.9. The first-order valence-electron chi connectivity index (χ1n) is 9.62. The van der Waals surface area contributed by atoms with Gasteiger partial charge in [0.05, 0.1) is 5.69 Å². The first kappa shape index (κ1) is 20.8. The number of aryl methyl sites for hydroxylation is 1. The Kier molecular flexibility index (Phi) is 6.45. The first-order valence-corrected chi connectivity index (χ1v) is 10.9. The van der Waals surface area contributed by atoms with E-state index in [1.807, 2.05) is 47.8 Å². The monoisotopic (exact) mass is 450 g/mol. The highest BCUT2D eigenvalue weighted by Crippen LogP contribution is 2.23. The van der Waals surface area contributed by atoms with E-state index in [1.54, 1.807) is 24.3 Å². The van der Waals surface area contributed by atoms with E-state index in [0.717, 1.165) is 22.2 Å². The molecule has 0 saturated heterocycles. The van der Waals surface area contributed by atoms with E-state index >= 15 is 0 Å². The van der Waals surface area contributed by atoms with Gasteiger partial charge in [0.25, 0.3) is 0 Å². The van der Waals surface area contributed by atoms with Gasteiger partial charge in [-0.3, -0.25) is 10.1 Å². The molecular formula is C23H19ClN4O2S. The first-order chi connectivity index (χ1) is 15.1. The van der Waals surface area contributed by atoms with E-state index in [2.05, 4.69) is 20.9 Å². The maximum atomic E-state index is 12.4. The smallest absolute Gasteiger partial charge is 0.325 e. The number of carbonyl (C=O) groups excluding carboxylic acids is 2. The van der Waals surface area contributed by atoms with Crippen molar-refractivity contribution in [1.82, 2.24) is 4.98 Å². The van der Waals surface area contributed by atoms with Crippen LogP contribution in [0.25, 0.3) is 10.8 Å². The van der Waals surface area contributed by atoms with Gasteiger partial charge in [-0.05, 0) is 36.1 Å². The standard InChI is InChI=1S/C23H19ClN4O2S/c24-16-7-4-8-17(13-16)25-22(30)28-23-26-18(14-31-23)11-12-21(29)27-20-10-3-6-15-5-1-2-9-19(15)20/h1-10,13-14H,11-12H2,(H,27,29)(H2,25,26,28,30). The van der Waals surface area contributed by atoms with Crippen LogP contribution in [0.1, 0.15) is 12.1 Å². The number of nitrogens with one attached hydrogen (secondary N) is 3. The fraction of sp³-hybridized carbons (Fsp3) is 0.0870. The number of fused-ring (bicyclic) bond motifs is 1. The minimum absolute atomic E-state index is 0.0856. The number of hydrogen-bond acceptors (Lipinski definition) is 4. The lowest BCUT2D eigenvalue weighted by Crippen LogP contribution is -2.19. The Labute approximate surface area is 188 Å². The highest BCUT2D eigenvalue weighted by molar-refractivity contribution is 7.13. The summed E-state index contributed by atoms with van der Waals surface area (Å²) in [6.45, 7) is 0. The molecule has 8 heteroatoms. The predicted octanol–water partition coefficient (Wildman–Crippen LogP) is 6.17. The molecule has 3 N–H and O–H groups in total. The largest absolute Gasteiger partial charge is 0.326 e. The van der Waals surface area contributed by atoms with Crippen LogP contribution in [0.4, 0.5) is 21.3 Å². The second-order valence-corrected chi connectivity index (χ2v) is 8.10. The number of carbonyl (C=O) groups is 2. The maximum Gasteiger partial charge on any atom is 0.325 e. The number of hydrogen-bond donors (Lipinski definition) is 3. The van der Waals surface area contributed by atoms with Gasteiger partial charge in [-0.15, -0.1) is 11.3 Å². The second-order valence-electron chi connectivity index (χ2n) is 6.81. The van der Waals surface area contributed by atoms with Crippen molar-refractivity contribution >= 4 is 62.2 Å². The molecule has 0 bridgehead atoms. The lowest BCUT2D eigenvalue weighted by atomic mass is 10.1. The molecule has 0 spiro atoms. The lowest BCUT2D eigenvalue weighted by Gasteiger charge is -2.08. The number of thiazole rings is 1. The van der Waals surface area contributed by atoms with E-state index in [0.29, 0.717) is 28.7 Å². The van der Waals surface area contributed by atoms with Crippen molar-refractivity contribution in [2.45, 2.75) is 12.8 Å². The highest BCUT2D eigenvalue weighted by atomic mass is 35.5. The van der Waals surface area contributed by atoms with Crippen LogP contribution in [-0.4, -0.2) is 16.9 Å². The molecular weight excluding hydrogens is 432 g/mol. The summed E-state index contributed by atoms with van der Waals surface area (Å²) in [5.41, 5.74) is 2.13. The quantitative estimate of drug-likeness (QED) is 0.328. The normalized spacial score (nSPS) is 10.6. The van der Waals surface area contributed by atoms with Crippen LogP contribution in [-0.2, 0) is 11.2 Å². The van der Waals surface area contributed by atoms with Crippen molar-refractivity contribution < 1.29 is 9.59 Å². The van der Waals surface area contributed by atoms with Crippen molar-refractivity contribution in [3.8, 4) is 0 Å². The van der Waals surface area contributed by atoms with Crippen molar-refractivity contribution in [3.05, 3.63) is 82.8 Å². The minimum atomic E-state index is -0.406. The molecule has 156 valence electrons. The van der Waals surface area contributed by atoms with Gasteiger partial charge in [-0.1, -0.05) is 54.1 Å². The summed E-state index contributed by atoms with van der Waals surface area (Å²) in [6.07, 6.45) is 0.770. The number of urea groups is 1. The Bertz CT molecular complexity index is 1240. The summed E-state index contributed by atoms with van der Waals surface area (Å²) in [5.74, 6) is -0.0856. The van der Waals surface area contributed by atoms with E-state index in [4.69, 9.17) is 11.6 Å². The number of aromatic nitrogens is 1. The molecule has 1 aromatic heterocycles. The van der Waals surface area contributed by atoms with E-state index in [9.17, 15) is 9.59 Å². The molecule has 0 fully saturated rings. The lowest BCUT2D eigenvalue weighted by molar-refractivity contribution is -0.116. The van der Waals surface area contributed by atoms with Crippen molar-refractivity contribution in [2.75, 3.05) is 16.0 Å². The van der Waals surface area contributed by atoms with Gasteiger partial charge in [0.2, 0.25) is 5.91 Å². The number of nitrogens with zero attached hydrogens (tertiary/aromatic N) is 1. The van der Waals surface area contributed by atoms with Gasteiger partial charge in [-0.2, -0.15) is 0 Å². The molecule has 0 aliphatic rings. The van der Waals surface area contributed by atoms with Crippen LogP contribution in [0.3, 0.4) is 0 Å². The van der Waals surface area contributed by atoms with E-state index in [-0.39, 0.29) is 5.91 Å². The van der Waals surface area contributed by atoms with Gasteiger partial charge in [0.1, 0.15) is 0 Å². The number of benzene rings is 3. The average molecular weight is 451 g/mol.